The Balaban J connectivity index is 1.47. The van der Waals surface area contributed by atoms with E-state index in [0.717, 1.165) is 23.4 Å². The zero-order chi connectivity index (χ0) is 21.0. The first kappa shape index (κ1) is 19.4. The molecule has 0 aliphatic rings. The summed E-state index contributed by atoms with van der Waals surface area (Å²) in [6, 6.07) is 22.8. The number of benzene rings is 2. The highest BCUT2D eigenvalue weighted by Gasteiger charge is 2.30. The fraction of sp³-hybridized carbons (Fsp3) is 0.0435. The molecule has 1 N–H and O–H groups in total. The van der Waals surface area contributed by atoms with Crippen molar-refractivity contribution in [2.75, 3.05) is 5.32 Å². The lowest BCUT2D eigenvalue weighted by Gasteiger charge is -2.11. The average Bonchev–Trinajstić information content (AvgIpc) is 2.76. The van der Waals surface area contributed by atoms with E-state index >= 15 is 0 Å². The van der Waals surface area contributed by atoms with Crippen LogP contribution in [0.25, 0.3) is 11.1 Å². The number of aromatic nitrogens is 2. The van der Waals surface area contributed by atoms with Gasteiger partial charge in [0.2, 0.25) is 5.88 Å². The number of anilines is 2. The average molecular weight is 407 g/mol. The predicted octanol–water partition coefficient (Wildman–Crippen LogP) is 6.70. The van der Waals surface area contributed by atoms with Gasteiger partial charge in [0.1, 0.15) is 11.6 Å². The summed E-state index contributed by atoms with van der Waals surface area (Å²) in [5, 5.41) is 2.96. The third-order valence-corrected chi connectivity index (χ3v) is 4.29. The van der Waals surface area contributed by atoms with Crippen LogP contribution in [0.3, 0.4) is 0 Å². The molecule has 4 aromatic rings. The van der Waals surface area contributed by atoms with Crippen LogP contribution in [0.15, 0.2) is 91.3 Å². The molecule has 7 heteroatoms. The standard InChI is InChI=1S/C23H16F3N3O/c24-23(25,26)17-8-13-21(28-15-17)29-18-9-11-19(12-10-18)30-22-20(7-4-14-27-22)16-5-2-1-3-6-16/h1-15H,(H,28,29). The molecule has 2 aromatic carbocycles. The van der Waals surface area contributed by atoms with Gasteiger partial charge in [-0.2, -0.15) is 13.2 Å². The van der Waals surface area contributed by atoms with Gasteiger partial charge >= 0.3 is 6.18 Å². The fourth-order valence-corrected chi connectivity index (χ4v) is 2.81. The first-order chi connectivity index (χ1) is 14.5. The van der Waals surface area contributed by atoms with Crippen molar-refractivity contribution in [1.29, 1.82) is 0 Å². The minimum atomic E-state index is -4.41. The van der Waals surface area contributed by atoms with Gasteiger partial charge in [0.15, 0.2) is 0 Å². The minimum Gasteiger partial charge on any atom is -0.438 e. The molecule has 2 heterocycles. The van der Waals surface area contributed by atoms with Crippen LogP contribution >= 0.6 is 0 Å². The number of halogens is 3. The van der Waals surface area contributed by atoms with Gasteiger partial charge < -0.3 is 10.1 Å². The van der Waals surface area contributed by atoms with Crippen molar-refractivity contribution < 1.29 is 17.9 Å². The second-order valence-electron chi connectivity index (χ2n) is 6.40. The van der Waals surface area contributed by atoms with Crippen molar-refractivity contribution >= 4 is 11.5 Å². The van der Waals surface area contributed by atoms with Crippen LogP contribution in [0.5, 0.6) is 11.6 Å². The molecule has 0 spiro atoms. The topological polar surface area (TPSA) is 47.0 Å². The number of alkyl halides is 3. The summed E-state index contributed by atoms with van der Waals surface area (Å²) in [5.41, 5.74) is 1.74. The molecule has 0 aliphatic heterocycles. The number of hydrogen-bond donors (Lipinski definition) is 1. The van der Waals surface area contributed by atoms with E-state index in [1.165, 1.54) is 6.07 Å². The van der Waals surface area contributed by atoms with E-state index in [9.17, 15) is 13.2 Å². The third-order valence-electron chi connectivity index (χ3n) is 4.29. The van der Waals surface area contributed by atoms with Crippen LogP contribution in [0.4, 0.5) is 24.7 Å². The molecule has 4 rings (SSSR count). The Morgan fingerprint density at radius 1 is 0.767 bits per heavy atom. The van der Waals surface area contributed by atoms with E-state index < -0.39 is 11.7 Å². The molecule has 0 saturated heterocycles. The number of ether oxygens (including phenoxy) is 1. The van der Waals surface area contributed by atoms with E-state index in [4.69, 9.17) is 4.74 Å². The maximum atomic E-state index is 12.6. The Hall–Kier alpha value is -3.87. The summed E-state index contributed by atoms with van der Waals surface area (Å²) in [6.07, 6.45) is -1.95. The number of nitrogens with zero attached hydrogens (tertiary/aromatic N) is 2. The van der Waals surface area contributed by atoms with E-state index in [1.807, 2.05) is 42.5 Å². The molecule has 0 fully saturated rings. The molecule has 0 atom stereocenters. The van der Waals surface area contributed by atoms with Gasteiger partial charge in [-0.3, -0.25) is 0 Å². The van der Waals surface area contributed by atoms with Crippen LogP contribution in [-0.2, 0) is 6.18 Å². The minimum absolute atomic E-state index is 0.313. The van der Waals surface area contributed by atoms with Gasteiger partial charge in [0.25, 0.3) is 0 Å². The largest absolute Gasteiger partial charge is 0.438 e. The second kappa shape index (κ2) is 8.24. The Kier molecular flexibility index (Phi) is 5.34. The summed E-state index contributed by atoms with van der Waals surface area (Å²) in [4.78, 5) is 8.13. The highest BCUT2D eigenvalue weighted by Crippen LogP contribution is 2.32. The van der Waals surface area contributed by atoms with E-state index in [0.29, 0.717) is 23.1 Å². The summed E-state index contributed by atoms with van der Waals surface area (Å²) in [5.74, 6) is 1.37. The zero-order valence-corrected chi connectivity index (χ0v) is 15.6. The lowest BCUT2D eigenvalue weighted by molar-refractivity contribution is -0.137. The summed E-state index contributed by atoms with van der Waals surface area (Å²) in [6.45, 7) is 0. The quantitative estimate of drug-likeness (QED) is 0.400. The molecular weight excluding hydrogens is 391 g/mol. The lowest BCUT2D eigenvalue weighted by Crippen LogP contribution is -2.05. The Bertz CT molecular complexity index is 1110. The molecular formula is C23H16F3N3O. The summed E-state index contributed by atoms with van der Waals surface area (Å²) < 4.78 is 43.8. The number of nitrogens with one attached hydrogen (secondary N) is 1. The van der Waals surface area contributed by atoms with Gasteiger partial charge in [-0.25, -0.2) is 9.97 Å². The number of pyridine rings is 2. The SMILES string of the molecule is FC(F)(F)c1ccc(Nc2ccc(Oc3ncccc3-c3ccccc3)cc2)nc1. The molecule has 0 saturated carbocycles. The first-order valence-corrected chi connectivity index (χ1v) is 9.08. The molecule has 30 heavy (non-hydrogen) atoms. The van der Waals surface area contributed by atoms with Crippen LogP contribution in [0.1, 0.15) is 5.56 Å². The Labute approximate surface area is 171 Å². The van der Waals surface area contributed by atoms with Gasteiger partial charge in [-0.05, 0) is 54.1 Å². The molecule has 2 aromatic heterocycles. The van der Waals surface area contributed by atoms with Crippen molar-refractivity contribution in [3.8, 4) is 22.8 Å². The molecule has 0 unspecified atom stereocenters. The van der Waals surface area contributed by atoms with Crippen molar-refractivity contribution in [2.45, 2.75) is 6.18 Å². The van der Waals surface area contributed by atoms with Gasteiger partial charge in [-0.15, -0.1) is 0 Å². The fourth-order valence-electron chi connectivity index (χ4n) is 2.81. The van der Waals surface area contributed by atoms with Crippen LogP contribution in [0.2, 0.25) is 0 Å². The molecule has 0 aliphatic carbocycles. The predicted molar refractivity (Wildman–Crippen MR) is 109 cm³/mol. The van der Waals surface area contributed by atoms with Crippen molar-refractivity contribution in [1.82, 2.24) is 9.97 Å². The van der Waals surface area contributed by atoms with Gasteiger partial charge in [0.05, 0.1) is 5.56 Å². The summed E-state index contributed by atoms with van der Waals surface area (Å²) >= 11 is 0. The van der Waals surface area contributed by atoms with E-state index in [-0.39, 0.29) is 0 Å². The maximum Gasteiger partial charge on any atom is 0.417 e. The van der Waals surface area contributed by atoms with E-state index in [2.05, 4.69) is 15.3 Å². The van der Waals surface area contributed by atoms with Gasteiger partial charge in [0, 0.05) is 23.6 Å². The lowest BCUT2D eigenvalue weighted by atomic mass is 10.1. The molecule has 4 nitrogen and oxygen atoms in total. The zero-order valence-electron chi connectivity index (χ0n) is 15.6. The maximum absolute atomic E-state index is 12.6. The first-order valence-electron chi connectivity index (χ1n) is 9.08. The van der Waals surface area contributed by atoms with Crippen molar-refractivity contribution in [3.63, 3.8) is 0 Å². The van der Waals surface area contributed by atoms with Crippen LogP contribution in [0, 0.1) is 0 Å². The van der Waals surface area contributed by atoms with Crippen molar-refractivity contribution in [2.24, 2.45) is 0 Å². The highest BCUT2D eigenvalue weighted by molar-refractivity contribution is 5.68. The molecule has 0 radical (unpaired) electrons. The van der Waals surface area contributed by atoms with E-state index in [1.54, 1.807) is 30.5 Å². The Morgan fingerprint density at radius 2 is 1.53 bits per heavy atom. The highest BCUT2D eigenvalue weighted by atomic mass is 19.4. The second-order valence-corrected chi connectivity index (χ2v) is 6.40. The summed E-state index contributed by atoms with van der Waals surface area (Å²) in [7, 11) is 0. The number of rotatable bonds is 5. The normalized spacial score (nSPS) is 11.2. The van der Waals surface area contributed by atoms with Crippen LogP contribution in [-0.4, -0.2) is 9.97 Å². The van der Waals surface area contributed by atoms with Gasteiger partial charge in [-0.1, -0.05) is 30.3 Å². The molecule has 0 amide bonds. The van der Waals surface area contributed by atoms with Crippen molar-refractivity contribution in [3.05, 3.63) is 96.8 Å². The number of hydrogen-bond acceptors (Lipinski definition) is 4. The molecule has 150 valence electrons. The Morgan fingerprint density at radius 3 is 2.20 bits per heavy atom. The molecule has 0 bridgehead atoms. The van der Waals surface area contributed by atoms with Crippen LogP contribution < -0.4 is 10.1 Å². The smallest absolute Gasteiger partial charge is 0.417 e. The third kappa shape index (κ3) is 4.57. The monoisotopic (exact) mass is 407 g/mol.